The monoisotopic (exact) mass is 299 g/mol. The van der Waals surface area contributed by atoms with Gasteiger partial charge in [-0.1, -0.05) is 24.3 Å². The fourth-order valence-electron chi connectivity index (χ4n) is 3.14. The van der Waals surface area contributed by atoms with Crippen LogP contribution in [0.5, 0.6) is 0 Å². The van der Waals surface area contributed by atoms with Crippen LogP contribution < -0.4 is 0 Å². The van der Waals surface area contributed by atoms with Crippen molar-refractivity contribution in [2.45, 2.75) is 24.9 Å². The lowest BCUT2D eigenvalue weighted by Gasteiger charge is -2.22. The van der Waals surface area contributed by atoms with Crippen molar-refractivity contribution >= 4 is 21.6 Å². The van der Waals surface area contributed by atoms with Crippen LogP contribution in [0, 0.1) is 5.82 Å². The molecule has 3 aromatic rings. The van der Waals surface area contributed by atoms with E-state index in [0.717, 1.165) is 20.8 Å². The number of rotatable bonds is 2. The maximum absolute atomic E-state index is 13.8. The molecule has 21 heavy (non-hydrogen) atoms. The number of aromatic nitrogens is 1. The summed E-state index contributed by atoms with van der Waals surface area (Å²) in [5, 5.41) is 11.8. The van der Waals surface area contributed by atoms with E-state index in [0.29, 0.717) is 24.8 Å². The number of halogens is 1. The van der Waals surface area contributed by atoms with Gasteiger partial charge in [0.2, 0.25) is 0 Å². The standard InChI is InChI=1S/C17H14FNOS/c18-13-5-3-4-12-11(13)8-9-17(12,20)10-16-19-14-6-1-2-7-15(14)21-16/h1-7,20H,8-10H2. The molecule has 1 atom stereocenters. The zero-order valence-electron chi connectivity index (χ0n) is 11.3. The lowest BCUT2D eigenvalue weighted by Crippen LogP contribution is -2.25. The van der Waals surface area contributed by atoms with E-state index >= 15 is 0 Å². The van der Waals surface area contributed by atoms with Gasteiger partial charge in [0.1, 0.15) is 5.82 Å². The van der Waals surface area contributed by atoms with Crippen LogP contribution >= 0.6 is 11.3 Å². The lowest BCUT2D eigenvalue weighted by atomic mass is 9.92. The number of para-hydroxylation sites is 1. The number of nitrogens with zero attached hydrogens (tertiary/aromatic N) is 1. The van der Waals surface area contributed by atoms with Crippen molar-refractivity contribution in [1.29, 1.82) is 0 Å². The van der Waals surface area contributed by atoms with E-state index in [9.17, 15) is 9.50 Å². The summed E-state index contributed by atoms with van der Waals surface area (Å²) in [6.45, 7) is 0. The van der Waals surface area contributed by atoms with Gasteiger partial charge < -0.3 is 5.11 Å². The molecule has 0 aliphatic heterocycles. The van der Waals surface area contributed by atoms with Crippen molar-refractivity contribution in [3.63, 3.8) is 0 Å². The topological polar surface area (TPSA) is 33.1 Å². The van der Waals surface area contributed by atoms with Gasteiger partial charge in [0.15, 0.2) is 0 Å². The van der Waals surface area contributed by atoms with E-state index in [1.165, 1.54) is 6.07 Å². The molecule has 1 N–H and O–H groups in total. The molecule has 1 heterocycles. The highest BCUT2D eigenvalue weighted by molar-refractivity contribution is 7.18. The molecule has 0 saturated heterocycles. The van der Waals surface area contributed by atoms with E-state index in [-0.39, 0.29) is 5.82 Å². The highest BCUT2D eigenvalue weighted by atomic mass is 32.1. The summed E-state index contributed by atoms with van der Waals surface area (Å²) >= 11 is 1.60. The van der Waals surface area contributed by atoms with Gasteiger partial charge in [-0.2, -0.15) is 0 Å². The van der Waals surface area contributed by atoms with Crippen LogP contribution in [0.4, 0.5) is 4.39 Å². The smallest absolute Gasteiger partial charge is 0.126 e. The molecule has 106 valence electrons. The summed E-state index contributed by atoms with van der Waals surface area (Å²) in [4.78, 5) is 4.58. The Morgan fingerprint density at radius 1 is 1.19 bits per heavy atom. The first-order valence-electron chi connectivity index (χ1n) is 7.00. The number of fused-ring (bicyclic) bond motifs is 2. The summed E-state index contributed by atoms with van der Waals surface area (Å²) in [5.41, 5.74) is 1.34. The van der Waals surface area contributed by atoms with Crippen molar-refractivity contribution < 1.29 is 9.50 Å². The SMILES string of the molecule is OC1(Cc2nc3ccccc3s2)CCc2c(F)cccc21. The Balaban J connectivity index is 1.73. The molecule has 1 aliphatic rings. The fourth-order valence-corrected chi connectivity index (χ4v) is 4.22. The average Bonchev–Trinajstić information content (AvgIpc) is 3.01. The molecular weight excluding hydrogens is 285 g/mol. The van der Waals surface area contributed by atoms with Crippen LogP contribution in [-0.2, 0) is 18.4 Å². The fraction of sp³-hybridized carbons (Fsp3) is 0.235. The number of aliphatic hydroxyl groups is 1. The number of hydrogen-bond acceptors (Lipinski definition) is 3. The maximum atomic E-state index is 13.8. The third kappa shape index (κ3) is 2.06. The van der Waals surface area contributed by atoms with Crippen LogP contribution in [0.2, 0.25) is 0 Å². The molecule has 0 fully saturated rings. The molecule has 0 bridgehead atoms. The van der Waals surface area contributed by atoms with Crippen LogP contribution in [0.15, 0.2) is 42.5 Å². The van der Waals surface area contributed by atoms with Gasteiger partial charge in [-0.15, -0.1) is 11.3 Å². The van der Waals surface area contributed by atoms with Gasteiger partial charge in [0, 0.05) is 6.42 Å². The van der Waals surface area contributed by atoms with E-state index in [2.05, 4.69) is 4.98 Å². The predicted octanol–water partition coefficient (Wildman–Crippen LogP) is 3.81. The predicted molar refractivity (Wildman–Crippen MR) is 81.9 cm³/mol. The van der Waals surface area contributed by atoms with E-state index in [4.69, 9.17) is 0 Å². The zero-order chi connectivity index (χ0) is 14.4. The van der Waals surface area contributed by atoms with E-state index < -0.39 is 5.60 Å². The zero-order valence-corrected chi connectivity index (χ0v) is 12.2. The van der Waals surface area contributed by atoms with Crippen LogP contribution in [-0.4, -0.2) is 10.1 Å². The molecule has 2 nitrogen and oxygen atoms in total. The molecule has 1 aliphatic carbocycles. The first kappa shape index (κ1) is 12.9. The first-order chi connectivity index (χ1) is 10.2. The molecule has 0 spiro atoms. The van der Waals surface area contributed by atoms with Gasteiger partial charge in [0.25, 0.3) is 0 Å². The average molecular weight is 299 g/mol. The Kier molecular flexibility index (Phi) is 2.84. The van der Waals surface area contributed by atoms with Crippen molar-refractivity contribution in [2.24, 2.45) is 0 Å². The largest absolute Gasteiger partial charge is 0.385 e. The van der Waals surface area contributed by atoms with Gasteiger partial charge in [0.05, 0.1) is 20.8 Å². The van der Waals surface area contributed by atoms with Crippen molar-refractivity contribution in [2.75, 3.05) is 0 Å². The Hall–Kier alpha value is -1.78. The minimum Gasteiger partial charge on any atom is -0.385 e. The molecule has 0 saturated carbocycles. The van der Waals surface area contributed by atoms with Gasteiger partial charge >= 0.3 is 0 Å². The Morgan fingerprint density at radius 3 is 2.90 bits per heavy atom. The van der Waals surface area contributed by atoms with Crippen LogP contribution in [0.25, 0.3) is 10.2 Å². The second-order valence-electron chi connectivity index (χ2n) is 5.55. The second kappa shape index (κ2) is 4.61. The first-order valence-corrected chi connectivity index (χ1v) is 7.82. The van der Waals surface area contributed by atoms with Crippen LogP contribution in [0.3, 0.4) is 0 Å². The van der Waals surface area contributed by atoms with E-state index in [1.807, 2.05) is 30.3 Å². The molecule has 1 aromatic heterocycles. The highest BCUT2D eigenvalue weighted by Crippen LogP contribution is 2.41. The highest BCUT2D eigenvalue weighted by Gasteiger charge is 2.38. The Labute approximate surface area is 125 Å². The maximum Gasteiger partial charge on any atom is 0.126 e. The van der Waals surface area contributed by atoms with Gasteiger partial charge in [-0.05, 0) is 42.2 Å². The van der Waals surface area contributed by atoms with Crippen molar-refractivity contribution in [1.82, 2.24) is 4.98 Å². The summed E-state index contributed by atoms with van der Waals surface area (Å²) < 4.78 is 14.9. The van der Waals surface area contributed by atoms with Gasteiger partial charge in [-0.25, -0.2) is 9.37 Å². The molecule has 0 amide bonds. The quantitative estimate of drug-likeness (QED) is 0.780. The summed E-state index contributed by atoms with van der Waals surface area (Å²) in [5.74, 6) is -0.215. The summed E-state index contributed by atoms with van der Waals surface area (Å²) in [6.07, 6.45) is 1.59. The summed E-state index contributed by atoms with van der Waals surface area (Å²) in [7, 11) is 0. The minimum absolute atomic E-state index is 0.215. The number of thiazole rings is 1. The lowest BCUT2D eigenvalue weighted by molar-refractivity contribution is 0.0389. The molecule has 4 heteroatoms. The van der Waals surface area contributed by atoms with Gasteiger partial charge in [-0.3, -0.25) is 0 Å². The molecular formula is C17H14FNOS. The molecule has 4 rings (SSSR count). The van der Waals surface area contributed by atoms with Crippen molar-refractivity contribution in [3.8, 4) is 0 Å². The summed E-state index contributed by atoms with van der Waals surface area (Å²) in [6, 6.07) is 12.9. The Bertz CT molecular complexity index is 796. The van der Waals surface area contributed by atoms with Crippen molar-refractivity contribution in [3.05, 3.63) is 64.4 Å². The molecule has 0 radical (unpaired) electrons. The van der Waals surface area contributed by atoms with E-state index in [1.54, 1.807) is 17.4 Å². The second-order valence-corrected chi connectivity index (χ2v) is 6.66. The number of benzene rings is 2. The minimum atomic E-state index is -0.995. The molecule has 1 unspecified atom stereocenters. The number of hydrogen-bond donors (Lipinski definition) is 1. The molecule has 2 aromatic carbocycles. The third-order valence-electron chi connectivity index (χ3n) is 4.19. The third-order valence-corrected chi connectivity index (χ3v) is 5.23. The van der Waals surface area contributed by atoms with Crippen LogP contribution in [0.1, 0.15) is 22.6 Å². The normalized spacial score (nSPS) is 20.9. The Morgan fingerprint density at radius 2 is 2.05 bits per heavy atom.